The maximum Gasteiger partial charge on any atom is 0.143 e. The van der Waals surface area contributed by atoms with E-state index in [1.165, 1.54) is 0 Å². The standard InChI is InChI=1S/C11H17NO2S/c1-5-12-8-6-10(14-3)11(15-4)7-9(8)13-2/h6-7,12H,5H2,1-4H3. The van der Waals surface area contributed by atoms with Crippen molar-refractivity contribution in [3.63, 3.8) is 0 Å². The molecule has 0 saturated heterocycles. The zero-order chi connectivity index (χ0) is 11.3. The van der Waals surface area contributed by atoms with E-state index >= 15 is 0 Å². The van der Waals surface area contributed by atoms with E-state index in [1.807, 2.05) is 25.3 Å². The topological polar surface area (TPSA) is 30.5 Å². The third-order valence-corrected chi connectivity index (χ3v) is 2.83. The van der Waals surface area contributed by atoms with Crippen molar-refractivity contribution in [3.8, 4) is 11.5 Å². The number of methoxy groups -OCH3 is 2. The maximum atomic E-state index is 5.31. The number of nitrogens with one attached hydrogen (secondary N) is 1. The second-order valence-corrected chi connectivity index (χ2v) is 3.79. The minimum atomic E-state index is 0.849. The van der Waals surface area contributed by atoms with Crippen LogP contribution in [0.3, 0.4) is 0 Å². The zero-order valence-electron chi connectivity index (χ0n) is 9.59. The van der Waals surface area contributed by atoms with Gasteiger partial charge >= 0.3 is 0 Å². The molecule has 84 valence electrons. The number of hydrogen-bond donors (Lipinski definition) is 1. The summed E-state index contributed by atoms with van der Waals surface area (Å²) >= 11 is 1.64. The highest BCUT2D eigenvalue weighted by molar-refractivity contribution is 7.98. The molecule has 15 heavy (non-hydrogen) atoms. The molecule has 1 rings (SSSR count). The molecule has 0 radical (unpaired) electrons. The fourth-order valence-corrected chi connectivity index (χ4v) is 1.93. The quantitative estimate of drug-likeness (QED) is 0.784. The molecule has 0 aliphatic heterocycles. The van der Waals surface area contributed by atoms with Crippen LogP contribution in [-0.2, 0) is 0 Å². The lowest BCUT2D eigenvalue weighted by molar-refractivity contribution is 0.395. The number of ether oxygens (including phenoxy) is 2. The summed E-state index contributed by atoms with van der Waals surface area (Å²) in [5.74, 6) is 1.72. The van der Waals surface area contributed by atoms with Crippen LogP contribution in [-0.4, -0.2) is 27.0 Å². The molecule has 0 bridgehead atoms. The van der Waals surface area contributed by atoms with Gasteiger partial charge in [0.15, 0.2) is 0 Å². The molecule has 0 unspecified atom stereocenters. The van der Waals surface area contributed by atoms with Crippen LogP contribution in [0.1, 0.15) is 6.92 Å². The van der Waals surface area contributed by atoms with E-state index in [1.54, 1.807) is 26.0 Å². The average Bonchev–Trinajstić information content (AvgIpc) is 2.28. The highest BCUT2D eigenvalue weighted by atomic mass is 32.2. The Bertz CT molecular complexity index is 329. The molecule has 0 aromatic heterocycles. The van der Waals surface area contributed by atoms with Crippen LogP contribution >= 0.6 is 11.8 Å². The number of thioether (sulfide) groups is 1. The van der Waals surface area contributed by atoms with E-state index in [0.717, 1.165) is 28.6 Å². The SMILES string of the molecule is CCNc1cc(OC)c(SC)cc1OC. The molecular formula is C11H17NO2S. The van der Waals surface area contributed by atoms with Crippen molar-refractivity contribution in [2.24, 2.45) is 0 Å². The van der Waals surface area contributed by atoms with Crippen LogP contribution in [0.2, 0.25) is 0 Å². The fourth-order valence-electron chi connectivity index (χ4n) is 1.36. The normalized spacial score (nSPS) is 9.87. The first-order chi connectivity index (χ1) is 7.26. The third kappa shape index (κ3) is 2.72. The molecule has 0 aliphatic carbocycles. The van der Waals surface area contributed by atoms with Gasteiger partial charge in [-0.1, -0.05) is 0 Å². The van der Waals surface area contributed by atoms with Crippen molar-refractivity contribution in [1.82, 2.24) is 0 Å². The van der Waals surface area contributed by atoms with Gasteiger partial charge in [-0.25, -0.2) is 0 Å². The lowest BCUT2D eigenvalue weighted by Crippen LogP contribution is -2.00. The van der Waals surface area contributed by atoms with Gasteiger partial charge in [0.2, 0.25) is 0 Å². The van der Waals surface area contributed by atoms with Gasteiger partial charge in [-0.15, -0.1) is 11.8 Å². The van der Waals surface area contributed by atoms with E-state index < -0.39 is 0 Å². The molecule has 0 amide bonds. The lowest BCUT2D eigenvalue weighted by Gasteiger charge is -2.14. The van der Waals surface area contributed by atoms with E-state index in [4.69, 9.17) is 9.47 Å². The van der Waals surface area contributed by atoms with Crippen LogP contribution in [0.25, 0.3) is 0 Å². The number of hydrogen-bond acceptors (Lipinski definition) is 4. The first kappa shape index (κ1) is 12.0. The molecule has 0 aliphatic rings. The predicted octanol–water partition coefficient (Wildman–Crippen LogP) is 2.86. The van der Waals surface area contributed by atoms with Crippen LogP contribution < -0.4 is 14.8 Å². The fraction of sp³-hybridized carbons (Fsp3) is 0.455. The summed E-state index contributed by atoms with van der Waals surface area (Å²) in [5, 5.41) is 3.24. The largest absolute Gasteiger partial charge is 0.496 e. The molecule has 0 fully saturated rings. The summed E-state index contributed by atoms with van der Waals surface area (Å²) in [6.07, 6.45) is 2.02. The van der Waals surface area contributed by atoms with Gasteiger partial charge in [0, 0.05) is 12.6 Å². The Labute approximate surface area is 95.2 Å². The number of anilines is 1. The predicted molar refractivity (Wildman–Crippen MR) is 65.5 cm³/mol. The van der Waals surface area contributed by atoms with Crippen LogP contribution in [0.4, 0.5) is 5.69 Å². The summed E-state index contributed by atoms with van der Waals surface area (Å²) in [6, 6.07) is 3.95. The van der Waals surface area contributed by atoms with Crippen LogP contribution in [0, 0.1) is 0 Å². The van der Waals surface area contributed by atoms with Gasteiger partial charge in [0.1, 0.15) is 11.5 Å². The van der Waals surface area contributed by atoms with E-state index in [0.29, 0.717) is 0 Å². The van der Waals surface area contributed by atoms with Gasteiger partial charge in [-0.3, -0.25) is 0 Å². The summed E-state index contributed by atoms with van der Waals surface area (Å²) in [7, 11) is 3.35. The van der Waals surface area contributed by atoms with E-state index in [9.17, 15) is 0 Å². The summed E-state index contributed by atoms with van der Waals surface area (Å²) < 4.78 is 10.6. The molecular weight excluding hydrogens is 210 g/mol. The minimum Gasteiger partial charge on any atom is -0.496 e. The van der Waals surface area contributed by atoms with Crippen molar-refractivity contribution < 1.29 is 9.47 Å². The summed E-state index contributed by atoms with van der Waals surface area (Å²) in [5.41, 5.74) is 0.967. The Morgan fingerprint density at radius 3 is 2.33 bits per heavy atom. The Balaban J connectivity index is 3.15. The first-order valence-electron chi connectivity index (χ1n) is 4.80. The van der Waals surface area contributed by atoms with Gasteiger partial charge in [-0.05, 0) is 19.2 Å². The lowest BCUT2D eigenvalue weighted by atomic mass is 10.2. The van der Waals surface area contributed by atoms with Gasteiger partial charge < -0.3 is 14.8 Å². The van der Waals surface area contributed by atoms with Gasteiger partial charge in [-0.2, -0.15) is 0 Å². The molecule has 0 spiro atoms. The molecule has 0 atom stereocenters. The highest BCUT2D eigenvalue weighted by Gasteiger charge is 2.09. The smallest absolute Gasteiger partial charge is 0.143 e. The minimum absolute atomic E-state index is 0.849. The first-order valence-corrected chi connectivity index (χ1v) is 6.03. The average molecular weight is 227 g/mol. The molecule has 1 N–H and O–H groups in total. The Kier molecular flexibility index (Phi) is 4.62. The molecule has 0 heterocycles. The van der Waals surface area contributed by atoms with E-state index in [-0.39, 0.29) is 0 Å². The Hall–Kier alpha value is -1.03. The van der Waals surface area contributed by atoms with Crippen molar-refractivity contribution in [3.05, 3.63) is 12.1 Å². The second kappa shape index (κ2) is 5.75. The molecule has 0 saturated carbocycles. The monoisotopic (exact) mass is 227 g/mol. The Morgan fingerprint density at radius 1 is 1.20 bits per heavy atom. The molecule has 4 heteroatoms. The summed E-state index contributed by atoms with van der Waals surface area (Å²) in [6.45, 7) is 2.91. The van der Waals surface area contributed by atoms with Gasteiger partial charge in [0.25, 0.3) is 0 Å². The third-order valence-electron chi connectivity index (χ3n) is 2.07. The molecule has 1 aromatic carbocycles. The second-order valence-electron chi connectivity index (χ2n) is 2.94. The van der Waals surface area contributed by atoms with Crippen molar-refractivity contribution >= 4 is 17.4 Å². The summed E-state index contributed by atoms with van der Waals surface area (Å²) in [4.78, 5) is 1.08. The zero-order valence-corrected chi connectivity index (χ0v) is 10.4. The van der Waals surface area contributed by atoms with Crippen LogP contribution in [0.15, 0.2) is 17.0 Å². The van der Waals surface area contributed by atoms with E-state index in [2.05, 4.69) is 5.32 Å². The maximum absolute atomic E-state index is 5.31. The molecule has 1 aromatic rings. The van der Waals surface area contributed by atoms with Crippen molar-refractivity contribution in [2.75, 3.05) is 32.3 Å². The Morgan fingerprint density at radius 2 is 1.87 bits per heavy atom. The molecule has 3 nitrogen and oxygen atoms in total. The van der Waals surface area contributed by atoms with Crippen molar-refractivity contribution in [2.45, 2.75) is 11.8 Å². The number of rotatable bonds is 5. The highest BCUT2D eigenvalue weighted by Crippen LogP contribution is 2.37. The van der Waals surface area contributed by atoms with Gasteiger partial charge in [0.05, 0.1) is 24.8 Å². The van der Waals surface area contributed by atoms with Crippen molar-refractivity contribution in [1.29, 1.82) is 0 Å². The number of benzene rings is 1. The van der Waals surface area contributed by atoms with Crippen LogP contribution in [0.5, 0.6) is 11.5 Å².